The molecule has 0 saturated heterocycles. The predicted molar refractivity (Wildman–Crippen MR) is 83.3 cm³/mol. The molecule has 122 valence electrons. The van der Waals surface area contributed by atoms with E-state index in [0.29, 0.717) is 0 Å². The van der Waals surface area contributed by atoms with Gasteiger partial charge in [0.05, 0.1) is 12.8 Å². The number of hydrogen-bond acceptors (Lipinski definition) is 5. The van der Waals surface area contributed by atoms with Crippen molar-refractivity contribution in [3.8, 4) is 0 Å². The number of ether oxygens (including phenoxy) is 2. The van der Waals surface area contributed by atoms with Gasteiger partial charge in [0.25, 0.3) is 0 Å². The number of esters is 2. The average Bonchev–Trinajstić information content (AvgIpc) is 2.22. The van der Waals surface area contributed by atoms with Gasteiger partial charge in [-0.1, -0.05) is 6.07 Å². The number of carbonyl (C=O) groups is 2. The van der Waals surface area contributed by atoms with Crippen molar-refractivity contribution in [2.45, 2.75) is 65.6 Å². The first kappa shape index (κ1) is 18.1. The lowest BCUT2D eigenvalue weighted by molar-refractivity contribution is -0.154. The Balaban J connectivity index is 2.66. The lowest BCUT2D eigenvalue weighted by atomic mass is 10.1. The van der Waals surface area contributed by atoms with Crippen molar-refractivity contribution < 1.29 is 19.1 Å². The largest absolute Gasteiger partial charge is 0.460 e. The van der Waals surface area contributed by atoms with E-state index in [1.807, 2.05) is 41.5 Å². The first-order chi connectivity index (χ1) is 9.94. The van der Waals surface area contributed by atoms with Crippen LogP contribution in [0.2, 0.25) is 0 Å². The van der Waals surface area contributed by atoms with E-state index >= 15 is 0 Å². The van der Waals surface area contributed by atoms with Gasteiger partial charge in [-0.15, -0.1) is 0 Å². The maximum Gasteiger partial charge on any atom is 0.310 e. The highest BCUT2D eigenvalue weighted by Gasteiger charge is 2.18. The Morgan fingerprint density at radius 2 is 1.23 bits per heavy atom. The predicted octanol–water partition coefficient (Wildman–Crippen LogP) is 2.85. The van der Waals surface area contributed by atoms with Crippen LogP contribution in [0.5, 0.6) is 0 Å². The quantitative estimate of drug-likeness (QED) is 0.800. The Hall–Kier alpha value is -1.91. The van der Waals surface area contributed by atoms with Crippen LogP contribution in [0.25, 0.3) is 0 Å². The third kappa shape index (κ3) is 7.76. The van der Waals surface area contributed by atoms with E-state index in [4.69, 9.17) is 9.47 Å². The van der Waals surface area contributed by atoms with Crippen LogP contribution in [0, 0.1) is 0 Å². The summed E-state index contributed by atoms with van der Waals surface area (Å²) in [6.45, 7) is 10.9. The van der Waals surface area contributed by atoms with E-state index in [2.05, 4.69) is 4.98 Å². The Morgan fingerprint density at radius 3 is 1.55 bits per heavy atom. The molecule has 0 saturated carbocycles. The zero-order valence-corrected chi connectivity index (χ0v) is 14.2. The smallest absolute Gasteiger partial charge is 0.310 e. The topological polar surface area (TPSA) is 65.5 Å². The van der Waals surface area contributed by atoms with Crippen molar-refractivity contribution in [3.05, 3.63) is 29.6 Å². The normalized spacial score (nSPS) is 11.9. The SMILES string of the molecule is CC(C)(C)OC(=O)Cc1cncc(CC(=O)OC(C)(C)C)c1. The molecule has 0 aliphatic heterocycles. The Labute approximate surface area is 132 Å². The van der Waals surface area contributed by atoms with Crippen LogP contribution >= 0.6 is 0 Å². The van der Waals surface area contributed by atoms with Crippen molar-refractivity contribution in [1.29, 1.82) is 0 Å². The molecule has 1 aromatic heterocycles. The highest BCUT2D eigenvalue weighted by Crippen LogP contribution is 2.13. The van der Waals surface area contributed by atoms with E-state index in [0.717, 1.165) is 11.1 Å². The first-order valence-corrected chi connectivity index (χ1v) is 7.31. The van der Waals surface area contributed by atoms with Crippen LogP contribution in [-0.4, -0.2) is 28.1 Å². The van der Waals surface area contributed by atoms with E-state index in [1.165, 1.54) is 0 Å². The van der Waals surface area contributed by atoms with Crippen molar-refractivity contribution >= 4 is 11.9 Å². The summed E-state index contributed by atoms with van der Waals surface area (Å²) in [5.74, 6) is -0.632. The van der Waals surface area contributed by atoms with Gasteiger partial charge in [0.15, 0.2) is 0 Å². The highest BCUT2D eigenvalue weighted by atomic mass is 16.6. The van der Waals surface area contributed by atoms with Crippen LogP contribution in [0.3, 0.4) is 0 Å². The molecule has 0 amide bonds. The monoisotopic (exact) mass is 307 g/mol. The number of pyridine rings is 1. The molecule has 0 unspecified atom stereocenters. The molecule has 0 aliphatic rings. The number of aromatic nitrogens is 1. The van der Waals surface area contributed by atoms with Crippen molar-refractivity contribution in [2.75, 3.05) is 0 Å². The molecule has 0 N–H and O–H groups in total. The Bertz CT molecular complexity index is 493. The Morgan fingerprint density at radius 1 is 0.864 bits per heavy atom. The molecule has 1 aromatic rings. The third-order valence-electron chi connectivity index (χ3n) is 2.39. The summed E-state index contributed by atoms with van der Waals surface area (Å²) in [6.07, 6.45) is 3.46. The standard InChI is InChI=1S/C17H25NO4/c1-16(2,3)21-14(19)8-12-7-13(11-18-10-12)9-15(20)22-17(4,5)6/h7,10-11H,8-9H2,1-6H3. The molecular formula is C17H25NO4. The van der Waals surface area contributed by atoms with Gasteiger partial charge in [0.2, 0.25) is 0 Å². The second-order valence-corrected chi connectivity index (χ2v) is 7.23. The summed E-state index contributed by atoms with van der Waals surface area (Å²) in [5, 5.41) is 0. The molecule has 0 fully saturated rings. The van der Waals surface area contributed by atoms with Crippen molar-refractivity contribution in [2.24, 2.45) is 0 Å². The van der Waals surface area contributed by atoms with Crippen LogP contribution in [-0.2, 0) is 31.9 Å². The fourth-order valence-corrected chi connectivity index (χ4v) is 1.82. The molecule has 1 heterocycles. The van der Waals surface area contributed by atoms with Gasteiger partial charge in [0, 0.05) is 12.4 Å². The van der Waals surface area contributed by atoms with E-state index in [9.17, 15) is 9.59 Å². The van der Waals surface area contributed by atoms with Crippen LogP contribution in [0.1, 0.15) is 52.7 Å². The molecule has 1 rings (SSSR count). The summed E-state index contributed by atoms with van der Waals surface area (Å²) < 4.78 is 10.5. The van der Waals surface area contributed by atoms with Gasteiger partial charge in [-0.3, -0.25) is 14.6 Å². The molecule has 0 bridgehead atoms. The second-order valence-electron chi connectivity index (χ2n) is 7.23. The third-order valence-corrected chi connectivity index (χ3v) is 2.39. The van der Waals surface area contributed by atoms with E-state index < -0.39 is 11.2 Å². The van der Waals surface area contributed by atoms with Crippen molar-refractivity contribution in [1.82, 2.24) is 4.98 Å². The minimum atomic E-state index is -0.515. The number of rotatable bonds is 4. The molecular weight excluding hydrogens is 282 g/mol. The van der Waals surface area contributed by atoms with Crippen LogP contribution < -0.4 is 0 Å². The van der Waals surface area contributed by atoms with Gasteiger partial charge >= 0.3 is 11.9 Å². The maximum atomic E-state index is 11.8. The lowest BCUT2D eigenvalue weighted by Gasteiger charge is -2.20. The number of carbonyl (C=O) groups excluding carboxylic acids is 2. The fourth-order valence-electron chi connectivity index (χ4n) is 1.82. The molecule has 5 nitrogen and oxygen atoms in total. The van der Waals surface area contributed by atoms with Gasteiger partial charge in [-0.05, 0) is 52.7 Å². The summed E-state index contributed by atoms with van der Waals surface area (Å²) in [6, 6.07) is 1.78. The van der Waals surface area contributed by atoms with Gasteiger partial charge in [0.1, 0.15) is 11.2 Å². The molecule has 0 atom stereocenters. The number of hydrogen-bond donors (Lipinski definition) is 0. The molecule has 0 radical (unpaired) electrons. The molecule has 0 aliphatic carbocycles. The molecule has 22 heavy (non-hydrogen) atoms. The average molecular weight is 307 g/mol. The second kappa shape index (κ2) is 6.90. The zero-order valence-electron chi connectivity index (χ0n) is 14.2. The van der Waals surface area contributed by atoms with E-state index in [1.54, 1.807) is 18.5 Å². The van der Waals surface area contributed by atoms with Crippen molar-refractivity contribution in [3.63, 3.8) is 0 Å². The Kier molecular flexibility index (Phi) is 5.69. The molecule has 0 spiro atoms. The van der Waals surface area contributed by atoms with Crippen LogP contribution in [0.4, 0.5) is 0 Å². The van der Waals surface area contributed by atoms with Gasteiger partial charge in [-0.25, -0.2) is 0 Å². The van der Waals surface area contributed by atoms with Crippen LogP contribution in [0.15, 0.2) is 18.5 Å². The van der Waals surface area contributed by atoms with Gasteiger partial charge < -0.3 is 9.47 Å². The zero-order chi connectivity index (χ0) is 17.0. The molecule has 0 aromatic carbocycles. The van der Waals surface area contributed by atoms with Gasteiger partial charge in [-0.2, -0.15) is 0 Å². The van der Waals surface area contributed by atoms with E-state index in [-0.39, 0.29) is 24.8 Å². The summed E-state index contributed by atoms with van der Waals surface area (Å²) in [7, 11) is 0. The lowest BCUT2D eigenvalue weighted by Crippen LogP contribution is -2.25. The number of nitrogens with zero attached hydrogens (tertiary/aromatic N) is 1. The minimum Gasteiger partial charge on any atom is -0.460 e. The fraction of sp³-hybridized carbons (Fsp3) is 0.588. The maximum absolute atomic E-state index is 11.8. The molecule has 5 heteroatoms. The first-order valence-electron chi connectivity index (χ1n) is 7.31. The summed E-state index contributed by atoms with van der Waals surface area (Å²) >= 11 is 0. The minimum absolute atomic E-state index is 0.131. The highest BCUT2D eigenvalue weighted by molar-refractivity contribution is 5.74. The summed E-state index contributed by atoms with van der Waals surface area (Å²) in [4.78, 5) is 27.7. The summed E-state index contributed by atoms with van der Waals surface area (Å²) in [5.41, 5.74) is 0.405.